The molecular weight excluding hydrogens is 326 g/mol. The molecule has 1 nitrogen and oxygen atoms in total. The maximum Gasteiger partial charge on any atom is 0.00957 e. The van der Waals surface area contributed by atoms with Crippen molar-refractivity contribution >= 4 is 0 Å². The molecule has 0 unspecified atom stereocenters. The molecule has 1 aromatic carbocycles. The van der Waals surface area contributed by atoms with E-state index in [9.17, 15) is 0 Å². The average Bonchev–Trinajstić information content (AvgIpc) is 2.84. The zero-order chi connectivity index (χ0) is 19.0. The van der Waals surface area contributed by atoms with E-state index < -0.39 is 0 Å². The number of nitrogens with zero attached hydrogens (tertiary/aromatic N) is 1. The van der Waals surface area contributed by atoms with Crippen LogP contribution in [0.5, 0.6) is 0 Å². The maximum atomic E-state index is 2.82. The monoisotopic (exact) mass is 365 g/mol. The number of likely N-dealkylation sites (tertiary alicyclic amines) is 1. The Morgan fingerprint density at radius 2 is 1.56 bits per heavy atom. The summed E-state index contributed by atoms with van der Waals surface area (Å²) in [5.74, 6) is 7.36. The van der Waals surface area contributed by atoms with E-state index in [2.05, 4.69) is 64.6 Å². The number of benzene rings is 1. The van der Waals surface area contributed by atoms with Gasteiger partial charge >= 0.3 is 0 Å². The molecule has 0 bridgehead atoms. The van der Waals surface area contributed by atoms with Gasteiger partial charge in [-0.15, -0.1) is 0 Å². The Morgan fingerprint density at radius 1 is 0.852 bits per heavy atom. The molecule has 2 saturated carbocycles. The van der Waals surface area contributed by atoms with Crippen molar-refractivity contribution in [3.8, 4) is 0 Å². The standard InChI is InChI=1S/C26H39N/c1-14-13-22-23(17(14)4)25-21-9-7-8-20(24(21)26(22)25)10-11-27-18(5)15(2)12-16(3)19(27)6/h7-9,14-19,22-23,25-26H,10-13H2,1-6H3/t14-,15-,16+,17-,18-,19+,22+,23-,25-,26-/m1/s1. The van der Waals surface area contributed by atoms with Crippen molar-refractivity contribution in [2.75, 3.05) is 6.54 Å². The molecule has 3 aliphatic carbocycles. The van der Waals surface area contributed by atoms with Gasteiger partial charge in [0, 0.05) is 18.6 Å². The Hall–Kier alpha value is -0.820. The summed E-state index contributed by atoms with van der Waals surface area (Å²) in [5, 5.41) is 0. The Kier molecular flexibility index (Phi) is 4.28. The van der Waals surface area contributed by atoms with Crippen LogP contribution in [-0.2, 0) is 6.42 Å². The maximum absolute atomic E-state index is 2.82. The fourth-order valence-electron chi connectivity index (χ4n) is 7.82. The van der Waals surface area contributed by atoms with Gasteiger partial charge in [-0.05, 0) is 97.1 Å². The van der Waals surface area contributed by atoms with Crippen LogP contribution < -0.4 is 0 Å². The van der Waals surface area contributed by atoms with Crippen molar-refractivity contribution < 1.29 is 0 Å². The van der Waals surface area contributed by atoms with Gasteiger partial charge in [0.2, 0.25) is 0 Å². The highest BCUT2D eigenvalue weighted by Crippen LogP contribution is 2.73. The molecule has 0 aromatic heterocycles. The van der Waals surface area contributed by atoms with Gasteiger partial charge in [0.25, 0.3) is 0 Å². The second-order valence-electron chi connectivity index (χ2n) is 10.9. The second-order valence-corrected chi connectivity index (χ2v) is 10.9. The van der Waals surface area contributed by atoms with Crippen molar-refractivity contribution in [1.29, 1.82) is 0 Å². The predicted molar refractivity (Wildman–Crippen MR) is 114 cm³/mol. The van der Waals surface area contributed by atoms with Crippen LogP contribution in [0.1, 0.15) is 82.9 Å². The molecule has 0 amide bonds. The summed E-state index contributed by atoms with van der Waals surface area (Å²) in [6.45, 7) is 16.1. The topological polar surface area (TPSA) is 3.24 Å². The highest BCUT2D eigenvalue weighted by molar-refractivity contribution is 5.55. The number of hydrogen-bond donors (Lipinski definition) is 0. The van der Waals surface area contributed by atoms with E-state index in [1.807, 2.05) is 0 Å². The third kappa shape index (κ3) is 2.46. The van der Waals surface area contributed by atoms with Crippen LogP contribution in [0.4, 0.5) is 0 Å². The van der Waals surface area contributed by atoms with E-state index in [4.69, 9.17) is 0 Å². The van der Waals surface area contributed by atoms with E-state index in [1.54, 1.807) is 16.7 Å². The zero-order valence-corrected chi connectivity index (χ0v) is 18.3. The third-order valence-corrected chi connectivity index (χ3v) is 9.90. The summed E-state index contributed by atoms with van der Waals surface area (Å²) in [4.78, 5) is 2.82. The van der Waals surface area contributed by atoms with Gasteiger partial charge in [-0.1, -0.05) is 45.9 Å². The Bertz CT molecular complexity index is 709. The minimum atomic E-state index is 0.725. The number of piperidine rings is 1. The van der Waals surface area contributed by atoms with Gasteiger partial charge in [-0.25, -0.2) is 0 Å². The first-order valence-electron chi connectivity index (χ1n) is 11.8. The number of rotatable bonds is 3. The summed E-state index contributed by atoms with van der Waals surface area (Å²) in [7, 11) is 0. The highest BCUT2D eigenvalue weighted by Gasteiger charge is 2.63. The molecule has 5 rings (SSSR count). The molecule has 1 saturated heterocycles. The highest BCUT2D eigenvalue weighted by atomic mass is 15.2. The van der Waals surface area contributed by atoms with Crippen LogP contribution in [0.2, 0.25) is 0 Å². The summed E-state index contributed by atoms with van der Waals surface area (Å²) in [6.07, 6.45) is 4.13. The van der Waals surface area contributed by atoms with Crippen LogP contribution in [0.15, 0.2) is 18.2 Å². The molecule has 1 aliphatic heterocycles. The van der Waals surface area contributed by atoms with E-state index in [1.165, 1.54) is 25.8 Å². The SMILES string of the molecule is C[C@H]1[C@@H]2[C@H](C[C@H]1C)[C@@H]1c3c(CCN4[C@H](C)[C@H](C)C[C@H](C)[C@@H]4C)cccc3[C@@H]12. The van der Waals surface area contributed by atoms with Gasteiger partial charge < -0.3 is 0 Å². The van der Waals surface area contributed by atoms with Gasteiger partial charge in [0.1, 0.15) is 0 Å². The van der Waals surface area contributed by atoms with Gasteiger partial charge in [-0.3, -0.25) is 4.90 Å². The summed E-state index contributed by atoms with van der Waals surface area (Å²) in [6, 6.07) is 8.72. The second kappa shape index (κ2) is 6.34. The van der Waals surface area contributed by atoms with E-state index in [0.29, 0.717) is 0 Å². The van der Waals surface area contributed by atoms with E-state index >= 15 is 0 Å². The van der Waals surface area contributed by atoms with Crippen molar-refractivity contribution in [2.24, 2.45) is 35.5 Å². The molecule has 0 N–H and O–H groups in total. The van der Waals surface area contributed by atoms with E-state index in [-0.39, 0.29) is 0 Å². The van der Waals surface area contributed by atoms with Crippen LogP contribution in [0.25, 0.3) is 0 Å². The normalized spacial score (nSPS) is 48.2. The summed E-state index contributed by atoms with van der Waals surface area (Å²) >= 11 is 0. The Labute approximate surface area is 166 Å². The van der Waals surface area contributed by atoms with Gasteiger partial charge in [-0.2, -0.15) is 0 Å². The largest absolute Gasteiger partial charge is 0.297 e. The fraction of sp³-hybridized carbons (Fsp3) is 0.769. The van der Waals surface area contributed by atoms with E-state index in [0.717, 1.165) is 59.4 Å². The molecule has 3 fully saturated rings. The molecule has 27 heavy (non-hydrogen) atoms. The number of hydrogen-bond acceptors (Lipinski definition) is 1. The first-order chi connectivity index (χ1) is 12.9. The lowest BCUT2D eigenvalue weighted by Gasteiger charge is -2.60. The minimum Gasteiger partial charge on any atom is -0.297 e. The third-order valence-electron chi connectivity index (χ3n) is 9.90. The summed E-state index contributed by atoms with van der Waals surface area (Å²) < 4.78 is 0. The Morgan fingerprint density at radius 3 is 2.26 bits per heavy atom. The molecule has 1 heterocycles. The lowest BCUT2D eigenvalue weighted by molar-refractivity contribution is 0.0281. The molecule has 1 aromatic rings. The van der Waals surface area contributed by atoms with Gasteiger partial charge in [0.05, 0.1) is 0 Å². The van der Waals surface area contributed by atoms with Gasteiger partial charge in [0.15, 0.2) is 0 Å². The quantitative estimate of drug-likeness (QED) is 0.627. The molecule has 10 atom stereocenters. The fourth-order valence-corrected chi connectivity index (χ4v) is 7.82. The van der Waals surface area contributed by atoms with Crippen LogP contribution in [-0.4, -0.2) is 23.5 Å². The number of fused-ring (bicyclic) bond motifs is 7. The van der Waals surface area contributed by atoms with Crippen molar-refractivity contribution in [3.63, 3.8) is 0 Å². The van der Waals surface area contributed by atoms with Crippen molar-refractivity contribution in [2.45, 2.75) is 84.7 Å². The minimum absolute atomic E-state index is 0.725. The molecule has 4 aliphatic rings. The molecule has 0 spiro atoms. The molecule has 1 heteroatoms. The van der Waals surface area contributed by atoms with Crippen molar-refractivity contribution in [3.05, 3.63) is 34.9 Å². The van der Waals surface area contributed by atoms with Crippen LogP contribution in [0, 0.1) is 35.5 Å². The summed E-state index contributed by atoms with van der Waals surface area (Å²) in [5.41, 5.74) is 5.22. The molecular formula is C26H39N. The molecule has 0 radical (unpaired) electrons. The van der Waals surface area contributed by atoms with Crippen molar-refractivity contribution in [1.82, 2.24) is 4.90 Å². The smallest absolute Gasteiger partial charge is 0.00957 e. The first kappa shape index (κ1) is 18.2. The van der Waals surface area contributed by atoms with Crippen LogP contribution in [0.3, 0.4) is 0 Å². The lowest BCUT2D eigenvalue weighted by Crippen LogP contribution is -2.52. The predicted octanol–water partition coefficient (Wildman–Crippen LogP) is 6.09. The lowest BCUT2D eigenvalue weighted by atomic mass is 9.44. The molecule has 148 valence electrons. The zero-order valence-electron chi connectivity index (χ0n) is 18.3. The first-order valence-corrected chi connectivity index (χ1v) is 11.8. The Balaban J connectivity index is 1.34. The van der Waals surface area contributed by atoms with Crippen LogP contribution >= 0.6 is 0 Å². The average molecular weight is 366 g/mol.